The summed E-state index contributed by atoms with van der Waals surface area (Å²) in [6.45, 7) is 1.98. The van der Waals surface area contributed by atoms with Crippen LogP contribution in [0.3, 0.4) is 0 Å². The van der Waals surface area contributed by atoms with Crippen LogP contribution >= 0.6 is 0 Å². The van der Waals surface area contributed by atoms with Crippen LogP contribution in [0.25, 0.3) is 11.3 Å². The van der Waals surface area contributed by atoms with Crippen LogP contribution in [0.5, 0.6) is 0 Å². The molecule has 0 radical (unpaired) electrons. The maximum atomic E-state index is 12.6. The highest BCUT2D eigenvalue weighted by atomic mass is 16.2. The third kappa shape index (κ3) is 4.21. The van der Waals surface area contributed by atoms with Crippen molar-refractivity contribution in [2.24, 2.45) is 11.5 Å². The Labute approximate surface area is 162 Å². The van der Waals surface area contributed by atoms with Crippen molar-refractivity contribution in [3.63, 3.8) is 0 Å². The molecule has 28 heavy (non-hydrogen) atoms. The molecule has 5 N–H and O–H groups in total. The third-order valence-corrected chi connectivity index (χ3v) is 4.34. The molecule has 7 heteroatoms. The number of primary amides is 1. The maximum absolute atomic E-state index is 12.6. The smallest absolute Gasteiger partial charge is 0.269 e. The number of nitrogens with two attached hydrogens (primary N) is 2. The number of hydrogen-bond donors (Lipinski definition) is 3. The number of carbonyl (C=O) groups is 2. The second kappa shape index (κ2) is 8.41. The lowest BCUT2D eigenvalue weighted by Gasteiger charge is -2.14. The first-order valence-corrected chi connectivity index (χ1v) is 8.81. The summed E-state index contributed by atoms with van der Waals surface area (Å²) < 4.78 is 0. The van der Waals surface area contributed by atoms with Gasteiger partial charge < -0.3 is 16.8 Å². The minimum atomic E-state index is -0.694. The highest BCUT2D eigenvalue weighted by Gasteiger charge is 2.15. The Kier molecular flexibility index (Phi) is 5.76. The topological polar surface area (TPSA) is 124 Å². The molecular formula is C21H21N5O2. The SMILES string of the molecule is C[C@H](NC(=O)c1cccc(-c2cnc(CN)c(C(N)=O)n2)c1)c1ccccc1. The van der Waals surface area contributed by atoms with Gasteiger partial charge in [-0.15, -0.1) is 0 Å². The molecule has 1 atom stereocenters. The summed E-state index contributed by atoms with van der Waals surface area (Å²) in [5, 5.41) is 2.97. The second-order valence-electron chi connectivity index (χ2n) is 6.31. The van der Waals surface area contributed by atoms with E-state index >= 15 is 0 Å². The lowest BCUT2D eigenvalue weighted by molar-refractivity contribution is 0.0938. The summed E-state index contributed by atoms with van der Waals surface area (Å²) in [5.74, 6) is -0.903. The molecule has 0 spiro atoms. The van der Waals surface area contributed by atoms with Crippen molar-refractivity contribution < 1.29 is 9.59 Å². The monoisotopic (exact) mass is 375 g/mol. The zero-order valence-corrected chi connectivity index (χ0v) is 15.4. The highest BCUT2D eigenvalue weighted by Crippen LogP contribution is 2.20. The lowest BCUT2D eigenvalue weighted by atomic mass is 10.1. The molecule has 7 nitrogen and oxygen atoms in total. The fourth-order valence-corrected chi connectivity index (χ4v) is 2.82. The molecule has 2 aromatic carbocycles. The predicted octanol–water partition coefficient (Wildman–Crippen LogP) is 2.19. The molecule has 3 rings (SSSR count). The van der Waals surface area contributed by atoms with Crippen LogP contribution in [0.15, 0.2) is 60.8 Å². The Bertz CT molecular complexity index is 1000. The quantitative estimate of drug-likeness (QED) is 0.609. The summed E-state index contributed by atoms with van der Waals surface area (Å²) in [4.78, 5) is 32.7. The van der Waals surface area contributed by atoms with E-state index < -0.39 is 5.91 Å². The molecule has 0 aliphatic carbocycles. The Balaban J connectivity index is 1.85. The highest BCUT2D eigenvalue weighted by molar-refractivity contribution is 5.96. The van der Waals surface area contributed by atoms with E-state index in [-0.39, 0.29) is 24.2 Å². The number of rotatable bonds is 6. The summed E-state index contributed by atoms with van der Waals surface area (Å²) in [6.07, 6.45) is 1.51. The van der Waals surface area contributed by atoms with Gasteiger partial charge in [-0.3, -0.25) is 14.6 Å². The second-order valence-corrected chi connectivity index (χ2v) is 6.31. The van der Waals surface area contributed by atoms with Crippen LogP contribution in [0.4, 0.5) is 0 Å². The van der Waals surface area contributed by atoms with Crippen molar-refractivity contribution in [1.29, 1.82) is 0 Å². The molecule has 0 bridgehead atoms. The predicted molar refractivity (Wildman–Crippen MR) is 106 cm³/mol. The molecule has 3 aromatic rings. The van der Waals surface area contributed by atoms with Gasteiger partial charge >= 0.3 is 0 Å². The average Bonchev–Trinajstić information content (AvgIpc) is 2.73. The van der Waals surface area contributed by atoms with Crippen LogP contribution in [0.2, 0.25) is 0 Å². The zero-order valence-electron chi connectivity index (χ0n) is 15.4. The van der Waals surface area contributed by atoms with E-state index in [0.29, 0.717) is 22.5 Å². The molecule has 0 aliphatic rings. The number of nitrogens with zero attached hydrogens (tertiary/aromatic N) is 2. The first-order chi connectivity index (χ1) is 13.5. The molecule has 0 saturated carbocycles. The van der Waals surface area contributed by atoms with Crippen LogP contribution in [0, 0.1) is 0 Å². The van der Waals surface area contributed by atoms with Crippen molar-refractivity contribution in [2.45, 2.75) is 19.5 Å². The van der Waals surface area contributed by atoms with Gasteiger partial charge in [-0.2, -0.15) is 0 Å². The number of benzene rings is 2. The zero-order chi connectivity index (χ0) is 20.1. The number of amides is 2. The number of hydrogen-bond acceptors (Lipinski definition) is 5. The average molecular weight is 375 g/mol. The standard InChI is InChI=1S/C21H21N5O2/c1-13(14-6-3-2-4-7-14)25-21(28)16-9-5-8-15(10-16)18-12-24-17(11-22)19(26-18)20(23)27/h2-10,12-13H,11,22H2,1H3,(H2,23,27)(H,25,28)/t13-/m0/s1. The lowest BCUT2D eigenvalue weighted by Crippen LogP contribution is -2.26. The van der Waals surface area contributed by atoms with Gasteiger partial charge in [0.2, 0.25) is 0 Å². The van der Waals surface area contributed by atoms with Crippen molar-refractivity contribution in [2.75, 3.05) is 0 Å². The van der Waals surface area contributed by atoms with Crippen LogP contribution in [-0.2, 0) is 6.54 Å². The van der Waals surface area contributed by atoms with Gasteiger partial charge in [0.15, 0.2) is 5.69 Å². The Hall–Kier alpha value is -3.58. The number of carbonyl (C=O) groups excluding carboxylic acids is 2. The van der Waals surface area contributed by atoms with E-state index in [1.165, 1.54) is 6.20 Å². The van der Waals surface area contributed by atoms with E-state index in [1.807, 2.05) is 37.3 Å². The molecule has 2 amide bonds. The van der Waals surface area contributed by atoms with E-state index in [2.05, 4.69) is 15.3 Å². The first-order valence-electron chi connectivity index (χ1n) is 8.81. The van der Waals surface area contributed by atoms with Crippen molar-refractivity contribution >= 4 is 11.8 Å². The van der Waals surface area contributed by atoms with Gasteiger partial charge in [-0.25, -0.2) is 4.98 Å². The van der Waals surface area contributed by atoms with Gasteiger partial charge in [0.25, 0.3) is 11.8 Å². The fraction of sp³-hybridized carbons (Fsp3) is 0.143. The Morgan fingerprint density at radius 3 is 2.54 bits per heavy atom. The largest absolute Gasteiger partial charge is 0.364 e. The maximum Gasteiger partial charge on any atom is 0.269 e. The Morgan fingerprint density at radius 2 is 1.86 bits per heavy atom. The van der Waals surface area contributed by atoms with E-state index in [9.17, 15) is 9.59 Å². The molecule has 0 saturated heterocycles. The molecule has 0 fully saturated rings. The molecule has 142 valence electrons. The minimum Gasteiger partial charge on any atom is -0.364 e. The van der Waals surface area contributed by atoms with Crippen LogP contribution in [-0.4, -0.2) is 21.8 Å². The summed E-state index contributed by atoms with van der Waals surface area (Å²) in [7, 11) is 0. The minimum absolute atomic E-state index is 0.0348. The van der Waals surface area contributed by atoms with E-state index in [1.54, 1.807) is 24.3 Å². The summed E-state index contributed by atoms with van der Waals surface area (Å²) in [5.41, 5.74) is 13.9. The Morgan fingerprint density at radius 1 is 1.11 bits per heavy atom. The van der Waals surface area contributed by atoms with Gasteiger partial charge in [0.05, 0.1) is 23.6 Å². The molecule has 1 heterocycles. The van der Waals surface area contributed by atoms with Crippen molar-refractivity contribution in [3.8, 4) is 11.3 Å². The molecule has 0 unspecified atom stereocenters. The van der Waals surface area contributed by atoms with Crippen molar-refractivity contribution in [1.82, 2.24) is 15.3 Å². The molecular weight excluding hydrogens is 354 g/mol. The first kappa shape index (κ1) is 19.2. The van der Waals surface area contributed by atoms with Crippen LogP contribution in [0.1, 0.15) is 45.1 Å². The number of nitrogens with one attached hydrogen (secondary N) is 1. The van der Waals surface area contributed by atoms with Crippen LogP contribution < -0.4 is 16.8 Å². The third-order valence-electron chi connectivity index (χ3n) is 4.34. The molecule has 0 aliphatic heterocycles. The normalized spacial score (nSPS) is 11.6. The molecule has 1 aromatic heterocycles. The number of aromatic nitrogens is 2. The van der Waals surface area contributed by atoms with Gasteiger partial charge in [0.1, 0.15) is 0 Å². The van der Waals surface area contributed by atoms with Gasteiger partial charge in [-0.05, 0) is 24.6 Å². The summed E-state index contributed by atoms with van der Waals surface area (Å²) in [6, 6.07) is 16.5. The van der Waals surface area contributed by atoms with Gasteiger partial charge in [-0.1, -0.05) is 42.5 Å². The van der Waals surface area contributed by atoms with Gasteiger partial charge in [0, 0.05) is 17.7 Å². The van der Waals surface area contributed by atoms with Crippen molar-refractivity contribution in [3.05, 3.63) is 83.3 Å². The van der Waals surface area contributed by atoms with E-state index in [0.717, 1.165) is 5.56 Å². The summed E-state index contributed by atoms with van der Waals surface area (Å²) >= 11 is 0. The van der Waals surface area contributed by atoms with E-state index in [4.69, 9.17) is 11.5 Å². The fourth-order valence-electron chi connectivity index (χ4n) is 2.82.